The fourth-order valence-corrected chi connectivity index (χ4v) is 2.82. The number of benzene rings is 1. The maximum absolute atomic E-state index is 13.5. The van der Waals surface area contributed by atoms with Crippen molar-refractivity contribution in [1.82, 2.24) is 0 Å². The van der Waals surface area contributed by atoms with Crippen molar-refractivity contribution < 1.29 is 55.2 Å². The van der Waals surface area contributed by atoms with E-state index in [9.17, 15) is 26.7 Å². The molecule has 13 heteroatoms. The van der Waals surface area contributed by atoms with Crippen LogP contribution in [0.15, 0.2) is 0 Å². The average Bonchev–Trinajstić information content (AvgIpc) is 2.87. The minimum atomic E-state index is -2.34. The van der Waals surface area contributed by atoms with Crippen LogP contribution in [0.3, 0.4) is 0 Å². The first kappa shape index (κ1) is 32.5. The van der Waals surface area contributed by atoms with Crippen molar-refractivity contribution in [3.05, 3.63) is 29.1 Å². The van der Waals surface area contributed by atoms with E-state index >= 15 is 0 Å². The normalized spacial score (nSPS) is 11.3. The number of esters is 1. The summed E-state index contributed by atoms with van der Waals surface area (Å²) in [4.78, 5) is 11.6. The molecular formula is C23H32ClF5O7. The number of hydrogen-bond acceptors (Lipinski definition) is 7. The summed E-state index contributed by atoms with van der Waals surface area (Å²) in [6, 6.07) is 0. The van der Waals surface area contributed by atoms with E-state index in [1.807, 2.05) is 0 Å². The van der Waals surface area contributed by atoms with Crippen molar-refractivity contribution in [3.8, 4) is 5.75 Å². The summed E-state index contributed by atoms with van der Waals surface area (Å²) < 4.78 is 96.8. The topological polar surface area (TPSA) is 72.5 Å². The molecule has 0 spiro atoms. The highest BCUT2D eigenvalue weighted by Crippen LogP contribution is 2.29. The van der Waals surface area contributed by atoms with Gasteiger partial charge >= 0.3 is 5.97 Å². The van der Waals surface area contributed by atoms with Gasteiger partial charge in [-0.1, -0.05) is 12.8 Å². The summed E-state index contributed by atoms with van der Waals surface area (Å²) in [5, 5.41) is 0. The van der Waals surface area contributed by atoms with Crippen molar-refractivity contribution in [2.24, 2.45) is 0 Å². The number of alkyl halides is 1. The maximum atomic E-state index is 13.5. The van der Waals surface area contributed by atoms with Gasteiger partial charge in [0, 0.05) is 12.5 Å². The van der Waals surface area contributed by atoms with Crippen molar-refractivity contribution in [3.63, 3.8) is 0 Å². The molecule has 0 fully saturated rings. The highest BCUT2D eigenvalue weighted by atomic mass is 35.5. The fourth-order valence-electron chi connectivity index (χ4n) is 2.63. The van der Waals surface area contributed by atoms with E-state index in [0.717, 1.165) is 25.7 Å². The van der Waals surface area contributed by atoms with Gasteiger partial charge in [0.15, 0.2) is 0 Å². The third-order valence-electron chi connectivity index (χ3n) is 4.50. The monoisotopic (exact) mass is 550 g/mol. The van der Waals surface area contributed by atoms with Crippen molar-refractivity contribution in [2.45, 2.75) is 32.1 Å². The average molecular weight is 551 g/mol. The Bertz CT molecular complexity index is 729. The van der Waals surface area contributed by atoms with Gasteiger partial charge in [-0.05, 0) is 12.8 Å². The molecule has 0 atom stereocenters. The molecule has 0 aliphatic carbocycles. The molecule has 0 aromatic heterocycles. The Morgan fingerprint density at radius 2 is 0.917 bits per heavy atom. The van der Waals surface area contributed by atoms with Gasteiger partial charge in [0.05, 0.1) is 65.9 Å². The number of hydrogen-bond donors (Lipinski definition) is 0. The van der Waals surface area contributed by atoms with Gasteiger partial charge in [0.1, 0.15) is 0 Å². The number of ether oxygens (including phenoxy) is 6. The smallest absolute Gasteiger partial charge is 0.313 e. The molecule has 1 aromatic carbocycles. The second-order valence-corrected chi connectivity index (χ2v) is 7.67. The second kappa shape index (κ2) is 20.5. The molecule has 0 heterocycles. The predicted molar refractivity (Wildman–Crippen MR) is 120 cm³/mol. The molecule has 0 aliphatic rings. The molecule has 0 radical (unpaired) electrons. The van der Waals surface area contributed by atoms with Crippen LogP contribution in [0, 0.1) is 29.1 Å². The second-order valence-electron chi connectivity index (χ2n) is 7.29. The van der Waals surface area contributed by atoms with Gasteiger partial charge in [0.25, 0.3) is 0 Å². The highest BCUT2D eigenvalue weighted by Gasteiger charge is 2.28. The highest BCUT2D eigenvalue weighted by molar-refractivity contribution is 6.17. The third-order valence-corrected chi connectivity index (χ3v) is 4.76. The molecule has 1 rings (SSSR count). The van der Waals surface area contributed by atoms with E-state index in [4.69, 9.17) is 35.3 Å². The van der Waals surface area contributed by atoms with Crippen LogP contribution < -0.4 is 4.74 Å². The van der Waals surface area contributed by atoms with Crippen molar-refractivity contribution >= 4 is 17.6 Å². The van der Waals surface area contributed by atoms with Crippen LogP contribution in [0.1, 0.15) is 32.1 Å². The lowest BCUT2D eigenvalue weighted by Gasteiger charge is -2.09. The summed E-state index contributed by atoms with van der Waals surface area (Å²) in [6.07, 6.45) is 3.81. The standard InChI is InChI=1S/C23H32ClF5O7/c24-6-3-1-2-4-7-31-9-11-33-13-15-35-16-14-34-12-10-32-8-5-17(30)36-23-21(28)19(26)18(25)20(27)22(23)29/h1-16H2. The molecule has 0 bridgehead atoms. The summed E-state index contributed by atoms with van der Waals surface area (Å²) in [5.74, 6) is -13.4. The summed E-state index contributed by atoms with van der Waals surface area (Å²) in [5.41, 5.74) is 0. The summed E-state index contributed by atoms with van der Waals surface area (Å²) >= 11 is 5.61. The Balaban J connectivity index is 1.91. The number of carbonyl (C=O) groups is 1. The van der Waals surface area contributed by atoms with Crippen LogP contribution in [0.4, 0.5) is 22.0 Å². The predicted octanol–water partition coefficient (Wildman–Crippen LogP) is 4.56. The Hall–Kier alpha value is -1.57. The molecule has 0 aliphatic heterocycles. The number of rotatable bonds is 22. The fraction of sp³-hybridized carbons (Fsp3) is 0.696. The van der Waals surface area contributed by atoms with Gasteiger partial charge in [-0.25, -0.2) is 13.2 Å². The summed E-state index contributed by atoms with van der Waals surface area (Å²) in [7, 11) is 0. The summed E-state index contributed by atoms with van der Waals surface area (Å²) in [6.45, 7) is 3.32. The third kappa shape index (κ3) is 13.7. The lowest BCUT2D eigenvalue weighted by Crippen LogP contribution is -2.16. The minimum absolute atomic E-state index is 0.103. The zero-order chi connectivity index (χ0) is 26.6. The van der Waals surface area contributed by atoms with Crippen LogP contribution in [-0.2, 0) is 28.5 Å². The van der Waals surface area contributed by atoms with Crippen molar-refractivity contribution in [2.75, 3.05) is 71.9 Å². The van der Waals surface area contributed by atoms with E-state index in [-0.39, 0.29) is 19.8 Å². The van der Waals surface area contributed by atoms with Crippen LogP contribution in [0.5, 0.6) is 5.75 Å². The Labute approximate surface area is 212 Å². The van der Waals surface area contributed by atoms with E-state index in [0.29, 0.717) is 52.1 Å². The van der Waals surface area contributed by atoms with Crippen LogP contribution in [-0.4, -0.2) is 77.9 Å². The van der Waals surface area contributed by atoms with E-state index in [1.165, 1.54) is 0 Å². The van der Waals surface area contributed by atoms with Gasteiger partial charge < -0.3 is 28.4 Å². The zero-order valence-corrected chi connectivity index (χ0v) is 20.7. The largest absolute Gasteiger partial charge is 0.420 e. The Kier molecular flexibility index (Phi) is 18.5. The van der Waals surface area contributed by atoms with Crippen LogP contribution in [0.2, 0.25) is 0 Å². The van der Waals surface area contributed by atoms with Gasteiger partial charge in [-0.15, -0.1) is 11.6 Å². The number of carbonyl (C=O) groups excluding carboxylic acids is 1. The zero-order valence-electron chi connectivity index (χ0n) is 19.9. The first-order chi connectivity index (χ1) is 17.4. The molecular weight excluding hydrogens is 519 g/mol. The Morgan fingerprint density at radius 1 is 0.528 bits per heavy atom. The van der Waals surface area contributed by atoms with Gasteiger partial charge in [0.2, 0.25) is 34.8 Å². The molecule has 0 unspecified atom stereocenters. The SMILES string of the molecule is O=C(CCOCCOCCOCCOCCOCCCCCCCl)Oc1c(F)c(F)c(F)c(F)c1F. The number of halogens is 6. The van der Waals surface area contributed by atoms with Crippen LogP contribution in [0.25, 0.3) is 0 Å². The van der Waals surface area contributed by atoms with Crippen LogP contribution >= 0.6 is 11.6 Å². The molecule has 7 nitrogen and oxygen atoms in total. The van der Waals surface area contributed by atoms with Gasteiger partial charge in [-0.3, -0.25) is 4.79 Å². The number of unbranched alkanes of at least 4 members (excludes halogenated alkanes) is 3. The molecule has 208 valence electrons. The van der Waals surface area contributed by atoms with E-state index < -0.39 is 47.2 Å². The molecule has 0 amide bonds. The molecule has 1 aromatic rings. The first-order valence-corrected chi connectivity index (χ1v) is 12.1. The molecule has 0 saturated carbocycles. The first-order valence-electron chi connectivity index (χ1n) is 11.6. The lowest BCUT2D eigenvalue weighted by atomic mass is 10.2. The van der Waals surface area contributed by atoms with Crippen molar-refractivity contribution in [1.29, 1.82) is 0 Å². The van der Waals surface area contributed by atoms with E-state index in [2.05, 4.69) is 4.74 Å². The maximum Gasteiger partial charge on any atom is 0.313 e. The molecule has 0 saturated heterocycles. The quantitative estimate of drug-likeness (QED) is 0.0399. The van der Waals surface area contributed by atoms with Gasteiger partial charge in [-0.2, -0.15) is 8.78 Å². The minimum Gasteiger partial charge on any atom is -0.420 e. The molecule has 0 N–H and O–H groups in total. The molecule has 36 heavy (non-hydrogen) atoms. The van der Waals surface area contributed by atoms with E-state index in [1.54, 1.807) is 0 Å². The Morgan fingerprint density at radius 3 is 1.39 bits per heavy atom. The lowest BCUT2D eigenvalue weighted by molar-refractivity contribution is -0.136.